The van der Waals surface area contributed by atoms with Crippen LogP contribution in [-0.2, 0) is 0 Å². The summed E-state index contributed by atoms with van der Waals surface area (Å²) in [6.07, 6.45) is 0. The number of rotatable bonds is 0. The highest BCUT2D eigenvalue weighted by molar-refractivity contribution is 5.49. The van der Waals surface area contributed by atoms with E-state index >= 15 is 0 Å². The molecule has 0 aromatic heterocycles. The minimum Gasteiger partial charge on any atom is -0.396 e. The number of hydrogen-bond acceptors (Lipinski definition) is 2. The molecule has 0 aliphatic heterocycles. The molecule has 0 atom stereocenters. The molecule has 12 heavy (non-hydrogen) atoms. The van der Waals surface area contributed by atoms with Crippen LogP contribution in [0, 0.1) is 17.7 Å². The van der Waals surface area contributed by atoms with E-state index < -0.39 is 5.82 Å². The van der Waals surface area contributed by atoms with Gasteiger partial charge in [-0.1, -0.05) is 17.9 Å². The Hall–Kier alpha value is -1.53. The first-order valence-corrected chi connectivity index (χ1v) is 3.48. The average molecular weight is 164 g/mol. The predicted molar refractivity (Wildman–Crippen MR) is 46.7 cm³/mol. The van der Waals surface area contributed by atoms with Crippen molar-refractivity contribution in [2.24, 2.45) is 5.73 Å². The van der Waals surface area contributed by atoms with E-state index in [0.29, 0.717) is 5.56 Å². The summed E-state index contributed by atoms with van der Waals surface area (Å²) in [5.41, 5.74) is 10.9. The molecule has 0 heterocycles. The van der Waals surface area contributed by atoms with E-state index in [9.17, 15) is 4.39 Å². The maximum atomic E-state index is 13.1. The standard InChI is InChI=1S/C9H9FN2/c10-9-7(4-2-6-11)3-1-5-8(9)12/h1,3,5H,6,11-12H2. The van der Waals surface area contributed by atoms with Crippen LogP contribution in [0.25, 0.3) is 0 Å². The molecular weight excluding hydrogens is 155 g/mol. The molecule has 0 aliphatic rings. The topological polar surface area (TPSA) is 52.0 Å². The second kappa shape index (κ2) is 3.74. The Morgan fingerprint density at radius 1 is 1.42 bits per heavy atom. The smallest absolute Gasteiger partial charge is 0.161 e. The van der Waals surface area contributed by atoms with Gasteiger partial charge in [0.15, 0.2) is 5.82 Å². The maximum Gasteiger partial charge on any atom is 0.161 e. The summed E-state index contributed by atoms with van der Waals surface area (Å²) in [7, 11) is 0. The van der Waals surface area contributed by atoms with Crippen molar-refractivity contribution >= 4 is 5.69 Å². The molecule has 1 aromatic rings. The van der Waals surface area contributed by atoms with E-state index in [4.69, 9.17) is 11.5 Å². The van der Waals surface area contributed by atoms with Gasteiger partial charge in [0.05, 0.1) is 17.8 Å². The van der Waals surface area contributed by atoms with Crippen LogP contribution < -0.4 is 11.5 Å². The van der Waals surface area contributed by atoms with Gasteiger partial charge in [-0.3, -0.25) is 0 Å². The lowest BCUT2D eigenvalue weighted by Gasteiger charge is -1.96. The number of anilines is 1. The highest BCUT2D eigenvalue weighted by atomic mass is 19.1. The molecule has 0 amide bonds. The Kier molecular flexibility index (Phi) is 2.67. The largest absolute Gasteiger partial charge is 0.396 e. The van der Waals surface area contributed by atoms with Gasteiger partial charge in [0.25, 0.3) is 0 Å². The molecule has 3 heteroatoms. The van der Waals surface area contributed by atoms with Crippen LogP contribution in [-0.4, -0.2) is 6.54 Å². The van der Waals surface area contributed by atoms with E-state index in [2.05, 4.69) is 11.8 Å². The van der Waals surface area contributed by atoms with Gasteiger partial charge in [-0.2, -0.15) is 0 Å². The predicted octanol–water partition coefficient (Wildman–Crippen LogP) is 0.718. The highest BCUT2D eigenvalue weighted by Gasteiger charge is 2.00. The maximum absolute atomic E-state index is 13.1. The molecule has 1 rings (SSSR count). The number of hydrogen-bond donors (Lipinski definition) is 2. The third-order valence-electron chi connectivity index (χ3n) is 1.35. The van der Waals surface area contributed by atoms with Crippen LogP contribution in [0.3, 0.4) is 0 Å². The second-order valence-electron chi connectivity index (χ2n) is 2.21. The molecular formula is C9H9FN2. The van der Waals surface area contributed by atoms with Crippen LogP contribution in [0.15, 0.2) is 18.2 Å². The molecule has 1 aromatic carbocycles. The first-order chi connectivity index (χ1) is 5.75. The molecule has 4 N–H and O–H groups in total. The van der Waals surface area contributed by atoms with E-state index in [1.807, 2.05) is 0 Å². The third-order valence-corrected chi connectivity index (χ3v) is 1.35. The lowest BCUT2D eigenvalue weighted by atomic mass is 10.2. The Balaban J connectivity index is 3.08. The molecule has 0 unspecified atom stereocenters. The minimum absolute atomic E-state index is 0.110. The van der Waals surface area contributed by atoms with Crippen LogP contribution in [0.2, 0.25) is 0 Å². The van der Waals surface area contributed by atoms with Crippen LogP contribution in [0.1, 0.15) is 5.56 Å². The van der Waals surface area contributed by atoms with E-state index in [1.54, 1.807) is 12.1 Å². The Bertz CT molecular complexity index is 336. The zero-order valence-corrected chi connectivity index (χ0v) is 6.47. The minimum atomic E-state index is -0.474. The van der Waals surface area contributed by atoms with Crippen molar-refractivity contribution in [1.82, 2.24) is 0 Å². The van der Waals surface area contributed by atoms with Crippen molar-refractivity contribution in [3.8, 4) is 11.8 Å². The van der Waals surface area contributed by atoms with Crippen LogP contribution in [0.5, 0.6) is 0 Å². The number of nitrogen functional groups attached to an aromatic ring is 1. The molecule has 0 aliphatic carbocycles. The fourth-order valence-electron chi connectivity index (χ4n) is 0.793. The summed E-state index contributed by atoms with van der Waals surface area (Å²) in [5.74, 6) is 4.66. The first-order valence-electron chi connectivity index (χ1n) is 3.48. The summed E-state index contributed by atoms with van der Waals surface area (Å²) >= 11 is 0. The van der Waals surface area contributed by atoms with Gasteiger partial charge < -0.3 is 11.5 Å². The molecule has 62 valence electrons. The molecule has 0 saturated carbocycles. The average Bonchev–Trinajstić information content (AvgIpc) is 2.08. The van der Waals surface area contributed by atoms with Gasteiger partial charge >= 0.3 is 0 Å². The van der Waals surface area contributed by atoms with E-state index in [-0.39, 0.29) is 12.2 Å². The van der Waals surface area contributed by atoms with Gasteiger partial charge in [-0.15, -0.1) is 0 Å². The first kappa shape index (κ1) is 8.57. The quantitative estimate of drug-likeness (QED) is 0.438. The van der Waals surface area contributed by atoms with Crippen molar-refractivity contribution < 1.29 is 4.39 Å². The zero-order valence-electron chi connectivity index (χ0n) is 6.47. The van der Waals surface area contributed by atoms with Crippen LogP contribution >= 0.6 is 0 Å². The van der Waals surface area contributed by atoms with Gasteiger partial charge in [-0.25, -0.2) is 4.39 Å². The molecule has 0 spiro atoms. The fourth-order valence-corrected chi connectivity index (χ4v) is 0.793. The Morgan fingerprint density at radius 2 is 2.17 bits per heavy atom. The van der Waals surface area contributed by atoms with Crippen molar-refractivity contribution in [2.75, 3.05) is 12.3 Å². The summed E-state index contributed by atoms with van der Waals surface area (Å²) in [4.78, 5) is 0. The molecule has 0 fully saturated rings. The lowest BCUT2D eigenvalue weighted by molar-refractivity contribution is 0.629. The SMILES string of the molecule is NCC#Cc1cccc(N)c1F. The van der Waals surface area contributed by atoms with Crippen molar-refractivity contribution in [3.63, 3.8) is 0 Å². The number of halogens is 1. The van der Waals surface area contributed by atoms with Gasteiger partial charge in [0.1, 0.15) is 0 Å². The number of benzene rings is 1. The lowest BCUT2D eigenvalue weighted by Crippen LogP contribution is -1.95. The monoisotopic (exact) mass is 164 g/mol. The molecule has 2 nitrogen and oxygen atoms in total. The van der Waals surface area contributed by atoms with E-state index in [0.717, 1.165) is 0 Å². The molecule has 0 saturated heterocycles. The normalized spacial score (nSPS) is 8.83. The van der Waals surface area contributed by atoms with Gasteiger partial charge in [0, 0.05) is 0 Å². The Morgan fingerprint density at radius 3 is 2.83 bits per heavy atom. The zero-order chi connectivity index (χ0) is 8.97. The summed E-state index contributed by atoms with van der Waals surface area (Å²) < 4.78 is 13.1. The second-order valence-corrected chi connectivity index (χ2v) is 2.21. The van der Waals surface area contributed by atoms with Gasteiger partial charge in [-0.05, 0) is 12.1 Å². The van der Waals surface area contributed by atoms with E-state index in [1.165, 1.54) is 6.07 Å². The van der Waals surface area contributed by atoms with Crippen LogP contribution in [0.4, 0.5) is 10.1 Å². The van der Waals surface area contributed by atoms with Crippen molar-refractivity contribution in [2.45, 2.75) is 0 Å². The van der Waals surface area contributed by atoms with Crippen molar-refractivity contribution in [1.29, 1.82) is 0 Å². The summed E-state index contributed by atoms with van der Waals surface area (Å²) in [6.45, 7) is 0.217. The highest BCUT2D eigenvalue weighted by Crippen LogP contribution is 2.12. The van der Waals surface area contributed by atoms with Gasteiger partial charge in [0.2, 0.25) is 0 Å². The summed E-state index contributed by atoms with van der Waals surface area (Å²) in [5, 5.41) is 0. The van der Waals surface area contributed by atoms with Crippen molar-refractivity contribution in [3.05, 3.63) is 29.6 Å². The molecule has 0 radical (unpaired) electrons. The molecule has 0 bridgehead atoms. The summed E-state index contributed by atoms with van der Waals surface area (Å²) in [6, 6.07) is 4.70. The third kappa shape index (κ3) is 1.74. The number of nitrogens with two attached hydrogens (primary N) is 2. The Labute approximate surface area is 70.4 Å². The fraction of sp³-hybridized carbons (Fsp3) is 0.111.